The number of H-pyrrole nitrogens is 1. The Morgan fingerprint density at radius 2 is 2.00 bits per heavy atom. The Morgan fingerprint density at radius 3 is 2.50 bits per heavy atom. The quantitative estimate of drug-likeness (QED) is 0.799. The summed E-state index contributed by atoms with van der Waals surface area (Å²) in [5.74, 6) is -1.12. The lowest BCUT2D eigenvalue weighted by atomic mass is 9.86. The van der Waals surface area contributed by atoms with Crippen molar-refractivity contribution in [3.63, 3.8) is 0 Å². The van der Waals surface area contributed by atoms with Crippen LogP contribution in [-0.2, 0) is 5.41 Å². The van der Waals surface area contributed by atoms with Crippen molar-refractivity contribution in [1.82, 2.24) is 4.98 Å². The third-order valence-electron chi connectivity index (χ3n) is 3.04. The van der Waals surface area contributed by atoms with Crippen molar-refractivity contribution >= 4 is 23.2 Å². The second kappa shape index (κ2) is 3.98. The highest BCUT2D eigenvalue weighted by molar-refractivity contribution is 6.07. The Kier molecular flexibility index (Phi) is 2.73. The number of hydrogen-bond acceptors (Lipinski definition) is 2. The van der Waals surface area contributed by atoms with E-state index in [1.54, 1.807) is 6.07 Å². The number of benzene rings is 1. The number of carboxylic acids is 1. The van der Waals surface area contributed by atoms with Crippen LogP contribution in [0.25, 0.3) is 10.9 Å². The Labute approximate surface area is 105 Å². The van der Waals surface area contributed by atoms with Gasteiger partial charge in [-0.1, -0.05) is 32.9 Å². The lowest BCUT2D eigenvalue weighted by Gasteiger charge is -2.18. The number of aromatic carboxylic acids is 1. The van der Waals surface area contributed by atoms with Crippen LogP contribution in [0.3, 0.4) is 0 Å². The minimum absolute atomic E-state index is 0.0238. The van der Waals surface area contributed by atoms with Gasteiger partial charge in [0.05, 0.1) is 5.56 Å². The van der Waals surface area contributed by atoms with E-state index in [1.807, 2.05) is 12.1 Å². The molecule has 0 amide bonds. The maximum absolute atomic E-state index is 11.0. The molecule has 0 aliphatic rings. The van der Waals surface area contributed by atoms with Crippen LogP contribution < -0.4 is 0 Å². The summed E-state index contributed by atoms with van der Waals surface area (Å²) in [6.45, 7) is 6.24. The molecule has 2 N–H and O–H groups in total. The van der Waals surface area contributed by atoms with E-state index in [2.05, 4.69) is 25.8 Å². The Balaban J connectivity index is 2.73. The number of nitrogens with one attached hydrogen (secondary N) is 1. The van der Waals surface area contributed by atoms with Gasteiger partial charge in [-0.3, -0.25) is 4.79 Å². The third kappa shape index (κ3) is 1.90. The molecule has 0 atom stereocenters. The molecule has 1 aromatic carbocycles. The smallest absolute Gasteiger partial charge is 0.353 e. The molecule has 0 spiro atoms. The fourth-order valence-electron chi connectivity index (χ4n) is 1.98. The Hall–Kier alpha value is -2.10. The highest BCUT2D eigenvalue weighted by Crippen LogP contribution is 2.28. The summed E-state index contributed by atoms with van der Waals surface area (Å²) in [5, 5.41) is 9.69. The van der Waals surface area contributed by atoms with E-state index in [0.29, 0.717) is 17.2 Å². The van der Waals surface area contributed by atoms with E-state index in [0.717, 1.165) is 5.56 Å². The van der Waals surface area contributed by atoms with Crippen LogP contribution in [-0.4, -0.2) is 22.3 Å². The van der Waals surface area contributed by atoms with Crippen LogP contribution in [0, 0.1) is 0 Å². The van der Waals surface area contributed by atoms with E-state index < -0.39 is 5.97 Å². The number of fused-ring (bicyclic) bond motifs is 1. The van der Waals surface area contributed by atoms with Crippen molar-refractivity contribution in [2.24, 2.45) is 0 Å². The number of rotatable bonds is 2. The molecule has 94 valence electrons. The highest BCUT2D eigenvalue weighted by Gasteiger charge is 2.19. The number of carbonyl (C=O) groups is 2. The first-order valence-corrected chi connectivity index (χ1v) is 5.69. The minimum atomic E-state index is -1.12. The maximum atomic E-state index is 11.0. The van der Waals surface area contributed by atoms with Crippen LogP contribution in [0.15, 0.2) is 18.2 Å². The molecule has 1 aromatic heterocycles. The van der Waals surface area contributed by atoms with Gasteiger partial charge >= 0.3 is 5.97 Å². The van der Waals surface area contributed by atoms with E-state index >= 15 is 0 Å². The van der Waals surface area contributed by atoms with Gasteiger partial charge in [0.15, 0.2) is 6.29 Å². The molecule has 0 aliphatic carbocycles. The van der Waals surface area contributed by atoms with Crippen LogP contribution >= 0.6 is 0 Å². The van der Waals surface area contributed by atoms with Gasteiger partial charge in [0.25, 0.3) is 0 Å². The molecule has 0 saturated carbocycles. The van der Waals surface area contributed by atoms with Gasteiger partial charge in [0.1, 0.15) is 5.69 Å². The fraction of sp³-hybridized carbons (Fsp3) is 0.286. The SMILES string of the molecule is CC(C)(C)c1ccc2c(C=O)c(C(=O)O)[nH]c2c1. The maximum Gasteiger partial charge on any atom is 0.353 e. The van der Waals surface area contributed by atoms with E-state index in [1.165, 1.54) is 0 Å². The first kappa shape index (κ1) is 12.4. The monoisotopic (exact) mass is 245 g/mol. The van der Waals surface area contributed by atoms with Crippen molar-refractivity contribution < 1.29 is 14.7 Å². The molecule has 2 rings (SSSR count). The first-order valence-electron chi connectivity index (χ1n) is 5.69. The molecule has 0 unspecified atom stereocenters. The van der Waals surface area contributed by atoms with Gasteiger partial charge in [-0.25, -0.2) is 4.79 Å². The zero-order valence-corrected chi connectivity index (χ0v) is 10.6. The molecule has 2 aromatic rings. The zero-order valence-electron chi connectivity index (χ0n) is 10.6. The Bertz CT molecular complexity index is 632. The number of aromatic amines is 1. The standard InChI is InChI=1S/C14H15NO3/c1-14(2,3)8-4-5-9-10(7-16)12(13(17)18)15-11(9)6-8/h4-7,15H,1-3H3,(H,17,18). The van der Waals surface area contributed by atoms with Gasteiger partial charge in [0, 0.05) is 10.9 Å². The van der Waals surface area contributed by atoms with Crippen molar-refractivity contribution in [2.45, 2.75) is 26.2 Å². The predicted molar refractivity (Wildman–Crippen MR) is 69.3 cm³/mol. The van der Waals surface area contributed by atoms with E-state index in [-0.39, 0.29) is 16.7 Å². The summed E-state index contributed by atoms with van der Waals surface area (Å²) in [7, 11) is 0. The largest absolute Gasteiger partial charge is 0.477 e. The predicted octanol–water partition coefficient (Wildman–Crippen LogP) is 2.98. The summed E-state index contributed by atoms with van der Waals surface area (Å²) in [5.41, 5.74) is 1.90. The lowest BCUT2D eigenvalue weighted by molar-refractivity contribution is 0.0688. The number of carbonyl (C=O) groups excluding carboxylic acids is 1. The molecule has 4 heteroatoms. The van der Waals surface area contributed by atoms with Gasteiger partial charge < -0.3 is 10.1 Å². The van der Waals surface area contributed by atoms with Gasteiger partial charge in [-0.2, -0.15) is 0 Å². The average molecular weight is 245 g/mol. The molecule has 4 nitrogen and oxygen atoms in total. The molecule has 0 saturated heterocycles. The Morgan fingerprint density at radius 1 is 1.33 bits per heavy atom. The summed E-state index contributed by atoms with van der Waals surface area (Å²) in [6.07, 6.45) is 0.582. The van der Waals surface area contributed by atoms with Crippen LogP contribution in [0.1, 0.15) is 47.2 Å². The van der Waals surface area contributed by atoms with Crippen molar-refractivity contribution in [3.05, 3.63) is 35.0 Å². The summed E-state index contributed by atoms with van der Waals surface area (Å²) < 4.78 is 0. The molecule has 0 aliphatic heterocycles. The summed E-state index contributed by atoms with van der Waals surface area (Å²) >= 11 is 0. The third-order valence-corrected chi connectivity index (χ3v) is 3.04. The second-order valence-corrected chi connectivity index (χ2v) is 5.35. The van der Waals surface area contributed by atoms with Crippen LogP contribution in [0.5, 0.6) is 0 Å². The molecule has 0 fully saturated rings. The van der Waals surface area contributed by atoms with Gasteiger partial charge in [-0.05, 0) is 17.0 Å². The van der Waals surface area contributed by atoms with Crippen LogP contribution in [0.4, 0.5) is 0 Å². The van der Waals surface area contributed by atoms with E-state index in [4.69, 9.17) is 5.11 Å². The minimum Gasteiger partial charge on any atom is -0.477 e. The zero-order chi connectivity index (χ0) is 13.5. The number of aldehydes is 1. The summed E-state index contributed by atoms with van der Waals surface area (Å²) in [4.78, 5) is 24.8. The lowest BCUT2D eigenvalue weighted by Crippen LogP contribution is -2.10. The fourth-order valence-corrected chi connectivity index (χ4v) is 1.98. The van der Waals surface area contributed by atoms with Gasteiger partial charge in [-0.15, -0.1) is 0 Å². The number of carboxylic acid groups (broad SMARTS) is 1. The second-order valence-electron chi connectivity index (χ2n) is 5.35. The van der Waals surface area contributed by atoms with Crippen molar-refractivity contribution in [1.29, 1.82) is 0 Å². The van der Waals surface area contributed by atoms with Crippen molar-refractivity contribution in [2.75, 3.05) is 0 Å². The molecule has 18 heavy (non-hydrogen) atoms. The topological polar surface area (TPSA) is 70.2 Å². The van der Waals surface area contributed by atoms with Crippen LogP contribution in [0.2, 0.25) is 0 Å². The molecular weight excluding hydrogens is 230 g/mol. The average Bonchev–Trinajstić information content (AvgIpc) is 2.65. The van der Waals surface area contributed by atoms with Gasteiger partial charge in [0.2, 0.25) is 0 Å². The molecule has 1 heterocycles. The number of hydrogen-bond donors (Lipinski definition) is 2. The molecule has 0 radical (unpaired) electrons. The van der Waals surface area contributed by atoms with Crippen molar-refractivity contribution in [3.8, 4) is 0 Å². The first-order chi connectivity index (χ1) is 8.34. The number of aromatic nitrogens is 1. The summed E-state index contributed by atoms with van der Waals surface area (Å²) in [6, 6.07) is 5.62. The molecular formula is C14H15NO3. The van der Waals surface area contributed by atoms with E-state index in [9.17, 15) is 9.59 Å². The highest BCUT2D eigenvalue weighted by atomic mass is 16.4. The molecule has 0 bridgehead atoms. The normalized spacial score (nSPS) is 11.7.